The fraction of sp³-hybridized carbons (Fsp3) is 0.444. The smallest absolute Gasteiger partial charge is 0.242 e. The number of likely N-dealkylation sites (tertiary alicyclic amines) is 1. The number of hydrogen-bond acceptors (Lipinski definition) is 3. The molecule has 0 unspecified atom stereocenters. The van der Waals surface area contributed by atoms with E-state index in [1.165, 1.54) is 0 Å². The van der Waals surface area contributed by atoms with Crippen LogP contribution in [0, 0.1) is 0 Å². The van der Waals surface area contributed by atoms with Crippen molar-refractivity contribution in [1.82, 2.24) is 15.1 Å². The van der Waals surface area contributed by atoms with E-state index in [9.17, 15) is 13.6 Å². The number of fused-ring (bicyclic) bond motifs is 2. The van der Waals surface area contributed by atoms with Crippen molar-refractivity contribution in [1.29, 1.82) is 0 Å². The van der Waals surface area contributed by atoms with Crippen molar-refractivity contribution >= 4 is 11.6 Å². The molecule has 132 valence electrons. The van der Waals surface area contributed by atoms with Gasteiger partial charge in [0.25, 0.3) is 0 Å². The van der Waals surface area contributed by atoms with Crippen LogP contribution in [0.25, 0.3) is 0 Å². The number of amides is 1. The van der Waals surface area contributed by atoms with Gasteiger partial charge in [0.1, 0.15) is 0 Å². The van der Waals surface area contributed by atoms with E-state index in [1.54, 1.807) is 24.4 Å². The summed E-state index contributed by atoms with van der Waals surface area (Å²) in [6, 6.07) is 5.24. The maximum Gasteiger partial charge on any atom is 0.242 e. The average Bonchev–Trinajstić information content (AvgIpc) is 3.17. The van der Waals surface area contributed by atoms with Gasteiger partial charge in [0.15, 0.2) is 0 Å². The van der Waals surface area contributed by atoms with Crippen molar-refractivity contribution in [2.75, 3.05) is 18.4 Å². The fourth-order valence-electron chi connectivity index (χ4n) is 3.98. The minimum Gasteiger partial charge on any atom is -0.325 e. The summed E-state index contributed by atoms with van der Waals surface area (Å²) in [6.07, 6.45) is 2.42. The van der Waals surface area contributed by atoms with Crippen LogP contribution in [0.15, 0.2) is 30.6 Å². The number of carbonyl (C=O) groups is 1. The van der Waals surface area contributed by atoms with E-state index in [2.05, 4.69) is 20.4 Å². The number of benzene rings is 1. The summed E-state index contributed by atoms with van der Waals surface area (Å²) in [5, 5.41) is 9.70. The Labute approximate surface area is 144 Å². The number of nitrogens with one attached hydrogen (secondary N) is 2. The van der Waals surface area contributed by atoms with Crippen LogP contribution in [0.2, 0.25) is 0 Å². The third kappa shape index (κ3) is 2.93. The zero-order valence-corrected chi connectivity index (χ0v) is 13.8. The maximum absolute atomic E-state index is 12.7. The first kappa shape index (κ1) is 16.2. The summed E-state index contributed by atoms with van der Waals surface area (Å²) in [6.45, 7) is 2.38. The number of H-pyrrole nitrogens is 1. The van der Waals surface area contributed by atoms with Gasteiger partial charge in [0, 0.05) is 30.4 Å². The van der Waals surface area contributed by atoms with Gasteiger partial charge >= 0.3 is 0 Å². The van der Waals surface area contributed by atoms with Gasteiger partial charge in [-0.1, -0.05) is 12.1 Å². The number of halogens is 2. The van der Waals surface area contributed by atoms with E-state index in [0.717, 1.165) is 36.4 Å². The van der Waals surface area contributed by atoms with Gasteiger partial charge in [-0.25, -0.2) is 8.78 Å². The highest BCUT2D eigenvalue weighted by molar-refractivity contribution is 6.06. The molecule has 5 nitrogen and oxygen atoms in total. The second-order valence-electron chi connectivity index (χ2n) is 6.89. The standard InChI is InChI=1S/C18H20F2N4O/c19-16(20)8-12-1-2-15-14(7-12)18(17(25)23-15)3-5-24(6-4-18)11-13-9-21-22-10-13/h1-2,7,9-10,16H,3-6,8,11H2,(H,21,22)(H,23,25). The van der Waals surface area contributed by atoms with Crippen LogP contribution >= 0.6 is 0 Å². The normalized spacial score (nSPS) is 19.4. The molecule has 4 rings (SSSR count). The predicted molar refractivity (Wildman–Crippen MR) is 89.6 cm³/mol. The molecule has 25 heavy (non-hydrogen) atoms. The average molecular weight is 346 g/mol. The molecule has 1 saturated heterocycles. The zero-order chi connectivity index (χ0) is 17.4. The Bertz CT molecular complexity index is 767. The monoisotopic (exact) mass is 346 g/mol. The first-order valence-electron chi connectivity index (χ1n) is 8.50. The van der Waals surface area contributed by atoms with E-state index < -0.39 is 11.8 Å². The molecule has 1 aromatic heterocycles. The molecule has 0 saturated carbocycles. The van der Waals surface area contributed by atoms with Gasteiger partial charge in [0.2, 0.25) is 12.3 Å². The lowest BCUT2D eigenvalue weighted by Crippen LogP contribution is -2.46. The maximum atomic E-state index is 12.7. The van der Waals surface area contributed by atoms with Gasteiger partial charge in [-0.05, 0) is 43.1 Å². The summed E-state index contributed by atoms with van der Waals surface area (Å²) in [5.41, 5.74) is 2.78. The van der Waals surface area contributed by atoms with Gasteiger partial charge in [-0.2, -0.15) is 5.10 Å². The first-order chi connectivity index (χ1) is 12.1. The molecule has 7 heteroatoms. The number of aromatic nitrogens is 2. The third-order valence-corrected chi connectivity index (χ3v) is 5.34. The van der Waals surface area contributed by atoms with E-state index in [1.807, 2.05) is 6.20 Å². The fourth-order valence-corrected chi connectivity index (χ4v) is 3.98. The lowest BCUT2D eigenvalue weighted by Gasteiger charge is -2.38. The van der Waals surface area contributed by atoms with Crippen LogP contribution in [0.5, 0.6) is 0 Å². The minimum absolute atomic E-state index is 0.000317. The summed E-state index contributed by atoms with van der Waals surface area (Å²) in [4.78, 5) is 15.0. The molecule has 2 aromatic rings. The number of nitrogens with zero attached hydrogens (tertiary/aromatic N) is 2. The Morgan fingerprint density at radius 2 is 2.04 bits per heavy atom. The number of aromatic amines is 1. The van der Waals surface area contributed by atoms with Crippen LogP contribution in [-0.4, -0.2) is 40.5 Å². The molecule has 2 N–H and O–H groups in total. The topological polar surface area (TPSA) is 61.0 Å². The molecule has 1 spiro atoms. The number of anilines is 1. The van der Waals surface area contributed by atoms with E-state index in [4.69, 9.17) is 0 Å². The number of hydrogen-bond donors (Lipinski definition) is 2. The van der Waals surface area contributed by atoms with Crippen molar-refractivity contribution in [3.8, 4) is 0 Å². The molecule has 0 aliphatic carbocycles. The molecule has 0 bridgehead atoms. The van der Waals surface area contributed by atoms with E-state index >= 15 is 0 Å². The molecule has 3 heterocycles. The predicted octanol–water partition coefficient (Wildman–Crippen LogP) is 2.70. The molecule has 1 aromatic carbocycles. The summed E-state index contributed by atoms with van der Waals surface area (Å²) < 4.78 is 25.4. The second-order valence-corrected chi connectivity index (χ2v) is 6.89. The van der Waals surface area contributed by atoms with Gasteiger partial charge in [-0.3, -0.25) is 14.8 Å². The highest BCUT2D eigenvalue weighted by atomic mass is 19.3. The van der Waals surface area contributed by atoms with Crippen molar-refractivity contribution in [2.45, 2.75) is 37.6 Å². The Balaban J connectivity index is 1.54. The van der Waals surface area contributed by atoms with Crippen LogP contribution in [0.1, 0.15) is 29.5 Å². The summed E-state index contributed by atoms with van der Waals surface area (Å²) in [5.74, 6) is -0.000317. The van der Waals surface area contributed by atoms with Crippen LogP contribution in [-0.2, 0) is 23.2 Å². The van der Waals surface area contributed by atoms with Gasteiger partial charge < -0.3 is 5.32 Å². The minimum atomic E-state index is -2.38. The Morgan fingerprint density at radius 1 is 1.24 bits per heavy atom. The van der Waals surface area contributed by atoms with Crippen molar-refractivity contribution < 1.29 is 13.6 Å². The van der Waals surface area contributed by atoms with Crippen LogP contribution in [0.3, 0.4) is 0 Å². The molecule has 1 amide bonds. The SMILES string of the molecule is O=C1Nc2ccc(CC(F)F)cc2C12CCN(Cc1cn[nH]c1)CC2. The molecule has 0 atom stereocenters. The molecular formula is C18H20F2N4O. The van der Waals surface area contributed by atoms with E-state index in [-0.39, 0.29) is 12.3 Å². The third-order valence-electron chi connectivity index (χ3n) is 5.34. The molecule has 0 radical (unpaired) electrons. The number of rotatable bonds is 4. The van der Waals surface area contributed by atoms with Crippen molar-refractivity contribution in [3.05, 3.63) is 47.3 Å². The van der Waals surface area contributed by atoms with Crippen LogP contribution in [0.4, 0.5) is 14.5 Å². The lowest BCUT2D eigenvalue weighted by atomic mass is 9.73. The molecule has 2 aliphatic rings. The van der Waals surface area contributed by atoms with Crippen LogP contribution < -0.4 is 5.32 Å². The van der Waals surface area contributed by atoms with Gasteiger partial charge in [-0.15, -0.1) is 0 Å². The summed E-state index contributed by atoms with van der Waals surface area (Å²) >= 11 is 0. The number of alkyl halides is 2. The Kier molecular flexibility index (Phi) is 4.03. The summed E-state index contributed by atoms with van der Waals surface area (Å²) in [7, 11) is 0. The Morgan fingerprint density at radius 3 is 2.72 bits per heavy atom. The molecular weight excluding hydrogens is 326 g/mol. The largest absolute Gasteiger partial charge is 0.325 e. The molecule has 2 aliphatic heterocycles. The zero-order valence-electron chi connectivity index (χ0n) is 13.8. The second kappa shape index (κ2) is 6.22. The van der Waals surface area contributed by atoms with Crippen molar-refractivity contribution in [3.63, 3.8) is 0 Å². The highest BCUT2D eigenvalue weighted by Crippen LogP contribution is 2.45. The molecule has 1 fully saturated rings. The lowest BCUT2D eigenvalue weighted by molar-refractivity contribution is -0.122. The first-order valence-corrected chi connectivity index (χ1v) is 8.50. The quantitative estimate of drug-likeness (QED) is 0.895. The van der Waals surface area contributed by atoms with Gasteiger partial charge in [0.05, 0.1) is 11.6 Å². The number of piperidine rings is 1. The highest BCUT2D eigenvalue weighted by Gasteiger charge is 2.48. The van der Waals surface area contributed by atoms with Crippen molar-refractivity contribution in [2.24, 2.45) is 0 Å². The van der Waals surface area contributed by atoms with E-state index in [0.29, 0.717) is 18.4 Å². The Hall–Kier alpha value is -2.28. The number of carbonyl (C=O) groups excluding carboxylic acids is 1.